The molecule has 1 aromatic carbocycles. The second-order valence-corrected chi connectivity index (χ2v) is 5.99. The zero-order valence-corrected chi connectivity index (χ0v) is 12.8. The van der Waals surface area contributed by atoms with Gasteiger partial charge in [-0.15, -0.1) is 0 Å². The number of anilines is 1. The molecule has 22 heavy (non-hydrogen) atoms. The molecule has 1 aliphatic heterocycles. The van der Waals surface area contributed by atoms with Crippen LogP contribution in [0.15, 0.2) is 12.1 Å². The van der Waals surface area contributed by atoms with Gasteiger partial charge in [-0.05, 0) is 32.4 Å². The lowest BCUT2D eigenvalue weighted by molar-refractivity contribution is -0.142. The van der Waals surface area contributed by atoms with Gasteiger partial charge in [0.25, 0.3) is 0 Å². The topological polar surface area (TPSA) is 55.8 Å². The number of methoxy groups -OCH3 is 1. The summed E-state index contributed by atoms with van der Waals surface area (Å²) in [5.74, 6) is -3.68. The molecule has 0 spiro atoms. The number of hydrogen-bond acceptors (Lipinski definition) is 4. The van der Waals surface area contributed by atoms with E-state index in [9.17, 15) is 18.4 Å². The summed E-state index contributed by atoms with van der Waals surface area (Å²) in [6, 6.07) is 1.80. The third-order valence-corrected chi connectivity index (χ3v) is 3.20. The van der Waals surface area contributed by atoms with Gasteiger partial charge in [-0.2, -0.15) is 0 Å². The van der Waals surface area contributed by atoms with Crippen molar-refractivity contribution < 1.29 is 27.8 Å². The molecule has 0 saturated heterocycles. The number of fused-ring (bicyclic) bond motifs is 1. The molecular formula is C15H17F2NO4. The van der Waals surface area contributed by atoms with Crippen molar-refractivity contribution in [2.45, 2.75) is 32.3 Å². The van der Waals surface area contributed by atoms with Crippen molar-refractivity contribution >= 4 is 17.7 Å². The van der Waals surface area contributed by atoms with Crippen molar-refractivity contribution in [1.82, 2.24) is 0 Å². The zero-order valence-electron chi connectivity index (χ0n) is 12.8. The van der Waals surface area contributed by atoms with E-state index in [2.05, 4.69) is 4.74 Å². The van der Waals surface area contributed by atoms with Crippen LogP contribution in [0.1, 0.15) is 32.3 Å². The normalized spacial score (nSPS) is 17.2. The summed E-state index contributed by atoms with van der Waals surface area (Å²) in [6.07, 6.45) is -0.730. The summed E-state index contributed by atoms with van der Waals surface area (Å²) in [5, 5.41) is 0. The largest absolute Gasteiger partial charge is 0.468 e. The molecule has 0 aliphatic carbocycles. The number of benzene rings is 1. The highest BCUT2D eigenvalue weighted by atomic mass is 19.2. The SMILES string of the molecule is COC(=O)C1CN(C(=O)OC(C)(C)C)c2cc(F)c(F)cc21. The summed E-state index contributed by atoms with van der Waals surface area (Å²) in [6.45, 7) is 4.97. The molecule has 5 nitrogen and oxygen atoms in total. The number of nitrogens with zero attached hydrogens (tertiary/aromatic N) is 1. The molecule has 0 N–H and O–H groups in total. The molecular weight excluding hydrogens is 296 g/mol. The maximum atomic E-state index is 13.5. The van der Waals surface area contributed by atoms with Gasteiger partial charge in [0.15, 0.2) is 11.6 Å². The van der Waals surface area contributed by atoms with Crippen LogP contribution in [0, 0.1) is 11.6 Å². The Morgan fingerprint density at radius 2 is 1.82 bits per heavy atom. The molecule has 1 atom stereocenters. The van der Waals surface area contributed by atoms with Gasteiger partial charge in [0, 0.05) is 12.6 Å². The van der Waals surface area contributed by atoms with Crippen LogP contribution in [0.25, 0.3) is 0 Å². The zero-order chi connectivity index (χ0) is 16.7. The Morgan fingerprint density at radius 1 is 1.23 bits per heavy atom. The number of carbonyl (C=O) groups is 2. The van der Waals surface area contributed by atoms with E-state index in [1.54, 1.807) is 20.8 Å². The predicted octanol–water partition coefficient (Wildman–Crippen LogP) is 2.98. The van der Waals surface area contributed by atoms with Crippen LogP contribution in [0.4, 0.5) is 19.3 Å². The minimum Gasteiger partial charge on any atom is -0.468 e. The van der Waals surface area contributed by atoms with Gasteiger partial charge >= 0.3 is 12.1 Å². The second kappa shape index (κ2) is 5.55. The highest BCUT2D eigenvalue weighted by Crippen LogP contribution is 2.39. The molecule has 7 heteroatoms. The molecule has 0 aromatic heterocycles. The number of esters is 1. The van der Waals surface area contributed by atoms with Gasteiger partial charge in [-0.25, -0.2) is 13.6 Å². The smallest absolute Gasteiger partial charge is 0.414 e. The Bertz CT molecular complexity index is 625. The van der Waals surface area contributed by atoms with Crippen molar-refractivity contribution in [2.75, 3.05) is 18.6 Å². The summed E-state index contributed by atoms with van der Waals surface area (Å²) in [7, 11) is 1.19. The Morgan fingerprint density at radius 3 is 2.36 bits per heavy atom. The highest BCUT2D eigenvalue weighted by molar-refractivity contribution is 5.95. The minimum atomic E-state index is -1.10. The summed E-state index contributed by atoms with van der Waals surface area (Å²) < 4.78 is 36.8. The molecule has 0 saturated carbocycles. The van der Waals surface area contributed by atoms with E-state index in [1.807, 2.05) is 0 Å². The van der Waals surface area contributed by atoms with Crippen LogP contribution in [0.3, 0.4) is 0 Å². The molecule has 0 bridgehead atoms. The van der Waals surface area contributed by atoms with Crippen molar-refractivity contribution in [3.05, 3.63) is 29.3 Å². The highest BCUT2D eigenvalue weighted by Gasteiger charge is 2.40. The monoisotopic (exact) mass is 313 g/mol. The van der Waals surface area contributed by atoms with Crippen LogP contribution in [-0.2, 0) is 14.3 Å². The van der Waals surface area contributed by atoms with E-state index >= 15 is 0 Å². The van der Waals surface area contributed by atoms with E-state index < -0.39 is 35.2 Å². The third-order valence-electron chi connectivity index (χ3n) is 3.20. The number of amides is 1. The molecule has 1 amide bonds. The Balaban J connectivity index is 2.42. The summed E-state index contributed by atoms with van der Waals surface area (Å²) in [4.78, 5) is 25.1. The van der Waals surface area contributed by atoms with Crippen LogP contribution in [-0.4, -0.2) is 31.3 Å². The quantitative estimate of drug-likeness (QED) is 0.748. The average molecular weight is 313 g/mol. The number of rotatable bonds is 1. The maximum absolute atomic E-state index is 13.5. The fraction of sp³-hybridized carbons (Fsp3) is 0.467. The van der Waals surface area contributed by atoms with Crippen LogP contribution in [0.2, 0.25) is 0 Å². The lowest BCUT2D eigenvalue weighted by atomic mass is 10.0. The Hall–Kier alpha value is -2.18. The van der Waals surface area contributed by atoms with Gasteiger partial charge in [-0.1, -0.05) is 0 Å². The lowest BCUT2D eigenvalue weighted by Gasteiger charge is -2.25. The van der Waals surface area contributed by atoms with E-state index in [0.717, 1.165) is 17.0 Å². The second-order valence-electron chi connectivity index (χ2n) is 5.99. The Labute approximate surface area is 126 Å². The summed E-state index contributed by atoms with van der Waals surface area (Å²) in [5.41, 5.74) is -0.431. The van der Waals surface area contributed by atoms with Gasteiger partial charge < -0.3 is 9.47 Å². The van der Waals surface area contributed by atoms with E-state index in [1.165, 1.54) is 7.11 Å². The van der Waals surface area contributed by atoms with E-state index in [4.69, 9.17) is 4.74 Å². The first-order valence-electron chi connectivity index (χ1n) is 6.71. The number of halogens is 2. The van der Waals surface area contributed by atoms with Crippen molar-refractivity contribution in [3.8, 4) is 0 Å². The average Bonchev–Trinajstić information content (AvgIpc) is 2.75. The first kappa shape index (κ1) is 16.2. The van der Waals surface area contributed by atoms with Crippen LogP contribution < -0.4 is 4.90 Å². The van der Waals surface area contributed by atoms with Crippen molar-refractivity contribution in [3.63, 3.8) is 0 Å². The lowest BCUT2D eigenvalue weighted by Crippen LogP contribution is -2.37. The Kier molecular flexibility index (Phi) is 4.08. The van der Waals surface area contributed by atoms with Gasteiger partial charge in [0.2, 0.25) is 0 Å². The molecule has 1 heterocycles. The van der Waals surface area contributed by atoms with Crippen molar-refractivity contribution in [2.24, 2.45) is 0 Å². The third kappa shape index (κ3) is 3.03. The maximum Gasteiger partial charge on any atom is 0.414 e. The fourth-order valence-corrected chi connectivity index (χ4v) is 2.28. The van der Waals surface area contributed by atoms with Gasteiger partial charge in [-0.3, -0.25) is 9.69 Å². The first-order chi connectivity index (χ1) is 10.1. The molecule has 1 unspecified atom stereocenters. The number of ether oxygens (including phenoxy) is 2. The fourth-order valence-electron chi connectivity index (χ4n) is 2.28. The van der Waals surface area contributed by atoms with Crippen LogP contribution >= 0.6 is 0 Å². The van der Waals surface area contributed by atoms with Gasteiger partial charge in [0.1, 0.15) is 11.5 Å². The van der Waals surface area contributed by atoms with E-state index in [-0.39, 0.29) is 17.8 Å². The summed E-state index contributed by atoms with van der Waals surface area (Å²) >= 11 is 0. The molecule has 120 valence electrons. The predicted molar refractivity (Wildman–Crippen MR) is 74.7 cm³/mol. The molecule has 2 rings (SSSR count). The van der Waals surface area contributed by atoms with Crippen molar-refractivity contribution in [1.29, 1.82) is 0 Å². The molecule has 0 radical (unpaired) electrons. The molecule has 1 aliphatic rings. The number of carbonyl (C=O) groups excluding carboxylic acids is 2. The minimum absolute atomic E-state index is 0.0835. The molecule has 1 aromatic rings. The van der Waals surface area contributed by atoms with Gasteiger partial charge in [0.05, 0.1) is 12.8 Å². The van der Waals surface area contributed by atoms with E-state index in [0.29, 0.717) is 0 Å². The number of hydrogen-bond donors (Lipinski definition) is 0. The molecule has 0 fully saturated rings. The van der Waals surface area contributed by atoms with Crippen LogP contribution in [0.5, 0.6) is 0 Å². The first-order valence-corrected chi connectivity index (χ1v) is 6.71. The standard InChI is InChI=1S/C15H17F2NO4/c1-15(2,3)22-14(20)18-7-9(13(19)21-4)8-5-10(16)11(17)6-12(8)18/h5-6,9H,7H2,1-4H3.